The number of aliphatic imine (C=N–C) groups is 1. The van der Waals surface area contributed by atoms with Gasteiger partial charge in [0.1, 0.15) is 11.8 Å². The first kappa shape index (κ1) is 11.7. The molecule has 0 unspecified atom stereocenters. The van der Waals surface area contributed by atoms with Crippen LogP contribution in [0.5, 0.6) is 0 Å². The predicted octanol–water partition coefficient (Wildman–Crippen LogP) is 1.45. The predicted molar refractivity (Wildman–Crippen MR) is 58.3 cm³/mol. The first-order chi connectivity index (χ1) is 6.79. The van der Waals surface area contributed by atoms with Crippen molar-refractivity contribution in [1.82, 2.24) is 4.90 Å². The molecule has 5 nitrogen and oxygen atoms in total. The first-order valence-electron chi connectivity index (χ1n) is 4.79. The van der Waals surface area contributed by atoms with Crippen molar-refractivity contribution >= 4 is 12.3 Å². The number of allylic oxidation sites excluding steroid dienone is 1. The Morgan fingerprint density at radius 1 is 1.60 bits per heavy atom. The van der Waals surface area contributed by atoms with E-state index in [0.29, 0.717) is 0 Å². The molecular weight excluding hydrogens is 194 g/mol. The Morgan fingerprint density at radius 2 is 2.20 bits per heavy atom. The summed E-state index contributed by atoms with van der Waals surface area (Å²) in [6.07, 6.45) is 2.09. The quantitative estimate of drug-likeness (QED) is 0.659. The number of hydrogen-bond acceptors (Lipinski definition) is 4. The van der Waals surface area contributed by atoms with Crippen LogP contribution in [0.4, 0.5) is 4.79 Å². The molecule has 1 amide bonds. The van der Waals surface area contributed by atoms with E-state index in [-0.39, 0.29) is 0 Å². The molecule has 0 aromatic heterocycles. The zero-order chi connectivity index (χ0) is 11.6. The average Bonchev–Trinajstić information content (AvgIpc) is 2.06. The van der Waals surface area contributed by atoms with Crippen molar-refractivity contribution in [2.75, 3.05) is 0 Å². The van der Waals surface area contributed by atoms with E-state index in [0.717, 1.165) is 5.70 Å². The highest BCUT2D eigenvalue weighted by Crippen LogP contribution is 2.14. The van der Waals surface area contributed by atoms with Gasteiger partial charge in [0, 0.05) is 12.4 Å². The minimum absolute atomic E-state index is 0.458. The van der Waals surface area contributed by atoms with Gasteiger partial charge in [-0.1, -0.05) is 0 Å². The Bertz CT molecular complexity index is 315. The van der Waals surface area contributed by atoms with Gasteiger partial charge in [-0.15, -0.1) is 0 Å². The second-order valence-electron chi connectivity index (χ2n) is 4.43. The minimum atomic E-state index is -0.552. The van der Waals surface area contributed by atoms with E-state index >= 15 is 0 Å². The van der Waals surface area contributed by atoms with Gasteiger partial charge in [0.15, 0.2) is 0 Å². The zero-order valence-corrected chi connectivity index (χ0v) is 9.52. The Labute approximate surface area is 89.6 Å². The van der Waals surface area contributed by atoms with Crippen LogP contribution in [0, 0.1) is 0 Å². The second kappa shape index (κ2) is 4.02. The monoisotopic (exact) mass is 211 g/mol. The Hall–Kier alpha value is -1.36. The molecule has 15 heavy (non-hydrogen) atoms. The van der Waals surface area contributed by atoms with Crippen LogP contribution in [-0.2, 0) is 4.74 Å². The van der Waals surface area contributed by atoms with E-state index in [1.807, 2.05) is 20.8 Å². The third kappa shape index (κ3) is 3.36. The fraction of sp³-hybridized carbons (Fsp3) is 0.600. The van der Waals surface area contributed by atoms with E-state index < -0.39 is 17.9 Å². The summed E-state index contributed by atoms with van der Waals surface area (Å²) in [6, 6.07) is 0. The molecule has 0 bridgehead atoms. The van der Waals surface area contributed by atoms with Gasteiger partial charge < -0.3 is 10.5 Å². The molecule has 1 aliphatic heterocycles. The van der Waals surface area contributed by atoms with E-state index in [1.165, 1.54) is 11.1 Å². The molecule has 0 saturated carbocycles. The highest BCUT2D eigenvalue weighted by atomic mass is 16.6. The van der Waals surface area contributed by atoms with Crippen LogP contribution < -0.4 is 5.73 Å². The largest absolute Gasteiger partial charge is 0.443 e. The van der Waals surface area contributed by atoms with Crippen LogP contribution in [0.25, 0.3) is 0 Å². The molecule has 1 heterocycles. The topological polar surface area (TPSA) is 67.9 Å². The lowest BCUT2D eigenvalue weighted by Gasteiger charge is -2.29. The maximum absolute atomic E-state index is 11.7. The van der Waals surface area contributed by atoms with Gasteiger partial charge in [0.2, 0.25) is 0 Å². The fourth-order valence-corrected chi connectivity index (χ4v) is 1.08. The van der Waals surface area contributed by atoms with Crippen LogP contribution in [0.3, 0.4) is 0 Å². The van der Waals surface area contributed by atoms with Gasteiger partial charge in [0.25, 0.3) is 0 Å². The number of amides is 1. The highest BCUT2D eigenvalue weighted by molar-refractivity contribution is 5.78. The molecule has 0 aliphatic carbocycles. The number of carbonyl (C=O) groups is 1. The van der Waals surface area contributed by atoms with Crippen LogP contribution in [0.2, 0.25) is 0 Å². The maximum Gasteiger partial charge on any atom is 0.416 e. The summed E-state index contributed by atoms with van der Waals surface area (Å²) in [5.41, 5.74) is 5.90. The van der Waals surface area contributed by atoms with Crippen LogP contribution in [0.1, 0.15) is 27.7 Å². The van der Waals surface area contributed by atoms with Crippen molar-refractivity contribution in [3.05, 3.63) is 11.9 Å². The Morgan fingerprint density at radius 3 is 2.73 bits per heavy atom. The van der Waals surface area contributed by atoms with Gasteiger partial charge in [-0.2, -0.15) is 0 Å². The molecule has 0 spiro atoms. The number of hydrogen-bond donors (Lipinski definition) is 1. The van der Waals surface area contributed by atoms with Crippen LogP contribution >= 0.6 is 0 Å². The second-order valence-corrected chi connectivity index (χ2v) is 4.43. The SMILES string of the molecule is CC1=CN(C(=O)OC(C)(C)C)[C@H](N)C=N1. The summed E-state index contributed by atoms with van der Waals surface area (Å²) in [4.78, 5) is 17.0. The smallest absolute Gasteiger partial charge is 0.416 e. The van der Waals surface area contributed by atoms with Crippen molar-refractivity contribution in [3.63, 3.8) is 0 Å². The zero-order valence-electron chi connectivity index (χ0n) is 9.52. The molecular formula is C10H17N3O2. The average molecular weight is 211 g/mol. The molecule has 2 N–H and O–H groups in total. The number of nitrogens with two attached hydrogens (primary N) is 1. The van der Waals surface area contributed by atoms with Crippen molar-refractivity contribution in [3.8, 4) is 0 Å². The number of ether oxygens (including phenoxy) is 1. The third-order valence-corrected chi connectivity index (χ3v) is 1.68. The summed E-state index contributed by atoms with van der Waals surface area (Å²) in [6.45, 7) is 7.22. The van der Waals surface area contributed by atoms with E-state index in [1.54, 1.807) is 13.1 Å². The van der Waals surface area contributed by atoms with E-state index in [4.69, 9.17) is 10.5 Å². The van der Waals surface area contributed by atoms with E-state index in [2.05, 4.69) is 4.99 Å². The van der Waals surface area contributed by atoms with Crippen molar-refractivity contribution in [2.24, 2.45) is 10.7 Å². The number of nitrogens with zero attached hydrogens (tertiary/aromatic N) is 2. The lowest BCUT2D eigenvalue weighted by Crippen LogP contribution is -2.47. The highest BCUT2D eigenvalue weighted by Gasteiger charge is 2.25. The van der Waals surface area contributed by atoms with Crippen LogP contribution in [-0.4, -0.2) is 29.0 Å². The fourth-order valence-electron chi connectivity index (χ4n) is 1.08. The van der Waals surface area contributed by atoms with Gasteiger partial charge >= 0.3 is 6.09 Å². The molecule has 0 fully saturated rings. The van der Waals surface area contributed by atoms with Gasteiger partial charge in [-0.25, -0.2) is 4.79 Å². The van der Waals surface area contributed by atoms with Gasteiger partial charge in [-0.3, -0.25) is 9.89 Å². The minimum Gasteiger partial charge on any atom is -0.443 e. The van der Waals surface area contributed by atoms with E-state index in [9.17, 15) is 4.79 Å². The number of carbonyl (C=O) groups excluding carboxylic acids is 1. The van der Waals surface area contributed by atoms with Gasteiger partial charge in [0.05, 0.1) is 5.70 Å². The molecule has 5 heteroatoms. The van der Waals surface area contributed by atoms with Crippen molar-refractivity contribution < 1.29 is 9.53 Å². The summed E-state index contributed by atoms with van der Waals surface area (Å²) >= 11 is 0. The van der Waals surface area contributed by atoms with Crippen LogP contribution in [0.15, 0.2) is 16.9 Å². The maximum atomic E-state index is 11.7. The molecule has 84 valence electrons. The lowest BCUT2D eigenvalue weighted by atomic mass is 10.2. The lowest BCUT2D eigenvalue weighted by molar-refractivity contribution is 0.0309. The van der Waals surface area contributed by atoms with Crippen molar-refractivity contribution in [2.45, 2.75) is 39.5 Å². The Kier molecular flexibility index (Phi) is 3.14. The Balaban J connectivity index is 2.72. The summed E-state index contributed by atoms with van der Waals surface area (Å²) in [5, 5.41) is 0. The summed E-state index contributed by atoms with van der Waals surface area (Å²) in [7, 11) is 0. The molecule has 0 aromatic rings. The molecule has 1 rings (SSSR count). The first-order valence-corrected chi connectivity index (χ1v) is 4.79. The van der Waals surface area contributed by atoms with Gasteiger partial charge in [-0.05, 0) is 27.7 Å². The molecule has 0 saturated heterocycles. The molecule has 0 radical (unpaired) electrons. The molecule has 1 atom stereocenters. The summed E-state index contributed by atoms with van der Waals surface area (Å²) in [5.74, 6) is 0. The standard InChI is InChI=1S/C10H17N3O2/c1-7-6-13(8(11)5-12-7)9(14)15-10(2,3)4/h5-6,8H,11H2,1-4H3/t8-/m0/s1. The molecule has 1 aliphatic rings. The molecule has 0 aromatic carbocycles. The number of rotatable bonds is 0. The third-order valence-electron chi connectivity index (χ3n) is 1.68. The van der Waals surface area contributed by atoms with Crippen molar-refractivity contribution in [1.29, 1.82) is 0 Å². The summed E-state index contributed by atoms with van der Waals surface area (Å²) < 4.78 is 5.20. The normalized spacial score (nSPS) is 21.3.